The fraction of sp³-hybridized carbons (Fsp3) is 0.476. The minimum Gasteiger partial charge on any atom is -0.469 e. The Labute approximate surface area is 182 Å². The highest BCUT2D eigenvalue weighted by molar-refractivity contribution is 6.28. The molecule has 1 aliphatic rings. The van der Waals surface area contributed by atoms with Gasteiger partial charge in [0.25, 0.3) is 5.91 Å². The SMILES string of the molecule is COC(=O)C1CCC(CNC(=O)c2cnc(Cl)n2Cc2ccc(C(F)(F)F)cc2)CC1. The van der Waals surface area contributed by atoms with Gasteiger partial charge in [-0.1, -0.05) is 12.1 Å². The van der Waals surface area contributed by atoms with Crippen molar-refractivity contribution in [2.24, 2.45) is 11.8 Å². The van der Waals surface area contributed by atoms with Crippen molar-refractivity contribution in [1.82, 2.24) is 14.9 Å². The number of rotatable bonds is 6. The van der Waals surface area contributed by atoms with E-state index in [1.54, 1.807) is 0 Å². The molecule has 6 nitrogen and oxygen atoms in total. The summed E-state index contributed by atoms with van der Waals surface area (Å²) in [6, 6.07) is 4.68. The Morgan fingerprint density at radius 2 is 1.84 bits per heavy atom. The number of hydrogen-bond donors (Lipinski definition) is 1. The van der Waals surface area contributed by atoms with Crippen molar-refractivity contribution in [3.05, 3.63) is 52.6 Å². The number of esters is 1. The van der Waals surface area contributed by atoms with E-state index >= 15 is 0 Å². The van der Waals surface area contributed by atoms with Crippen molar-refractivity contribution < 1.29 is 27.5 Å². The maximum Gasteiger partial charge on any atom is 0.416 e. The smallest absolute Gasteiger partial charge is 0.416 e. The van der Waals surface area contributed by atoms with Crippen molar-refractivity contribution in [2.45, 2.75) is 38.4 Å². The van der Waals surface area contributed by atoms with Crippen molar-refractivity contribution in [2.75, 3.05) is 13.7 Å². The number of carbonyl (C=O) groups excluding carboxylic acids is 2. The molecule has 10 heteroatoms. The van der Waals surface area contributed by atoms with Gasteiger partial charge in [0, 0.05) is 6.54 Å². The predicted octanol–water partition coefficient (Wildman–Crippen LogP) is 4.31. The molecule has 1 aliphatic carbocycles. The second kappa shape index (κ2) is 9.72. The standard InChI is InChI=1S/C21H23ClF3N3O3/c1-31-19(30)15-6-2-13(3-7-15)10-26-18(29)17-11-27-20(22)28(17)12-14-4-8-16(9-5-14)21(23,24)25/h4-5,8-9,11,13,15H,2-3,6-7,10,12H2,1H3,(H,26,29). The first-order chi connectivity index (χ1) is 14.7. The Balaban J connectivity index is 1.59. The van der Waals surface area contributed by atoms with Gasteiger partial charge in [0.1, 0.15) is 5.69 Å². The summed E-state index contributed by atoms with van der Waals surface area (Å²) in [4.78, 5) is 28.2. The van der Waals surface area contributed by atoms with Crippen molar-refractivity contribution in [3.63, 3.8) is 0 Å². The number of nitrogens with zero attached hydrogens (tertiary/aromatic N) is 2. The van der Waals surface area contributed by atoms with Gasteiger partial charge in [-0.3, -0.25) is 9.59 Å². The molecule has 1 aromatic heterocycles. The molecule has 1 fully saturated rings. The summed E-state index contributed by atoms with van der Waals surface area (Å²) in [5.41, 5.74) is 0.0455. The van der Waals surface area contributed by atoms with Gasteiger partial charge in [0.15, 0.2) is 0 Å². The molecule has 0 unspecified atom stereocenters. The third-order valence-electron chi connectivity index (χ3n) is 5.59. The number of imidazole rings is 1. The second-order valence-corrected chi connectivity index (χ2v) is 7.98. The van der Waals surface area contributed by atoms with Crippen LogP contribution in [-0.2, 0) is 22.3 Å². The van der Waals surface area contributed by atoms with E-state index in [4.69, 9.17) is 16.3 Å². The van der Waals surface area contributed by atoms with Gasteiger partial charge >= 0.3 is 12.1 Å². The highest BCUT2D eigenvalue weighted by Crippen LogP contribution is 2.30. The van der Waals surface area contributed by atoms with Crippen LogP contribution in [0.15, 0.2) is 30.5 Å². The molecule has 0 atom stereocenters. The lowest BCUT2D eigenvalue weighted by atomic mass is 9.82. The van der Waals surface area contributed by atoms with Crippen LogP contribution in [0.1, 0.15) is 47.3 Å². The van der Waals surface area contributed by atoms with Gasteiger partial charge < -0.3 is 14.6 Å². The first kappa shape index (κ1) is 23.1. The number of halogens is 4. The van der Waals surface area contributed by atoms with Crippen LogP contribution in [0, 0.1) is 11.8 Å². The largest absolute Gasteiger partial charge is 0.469 e. The van der Waals surface area contributed by atoms with E-state index in [1.807, 2.05) is 0 Å². The molecule has 1 N–H and O–H groups in total. The van der Waals surface area contributed by atoms with E-state index in [2.05, 4.69) is 10.3 Å². The number of ether oxygens (including phenoxy) is 1. The Kier molecular flexibility index (Phi) is 7.25. The van der Waals surface area contributed by atoms with E-state index in [0.29, 0.717) is 12.1 Å². The van der Waals surface area contributed by atoms with Crippen LogP contribution in [0.2, 0.25) is 5.28 Å². The van der Waals surface area contributed by atoms with Crippen LogP contribution in [0.3, 0.4) is 0 Å². The molecule has 0 radical (unpaired) electrons. The maximum atomic E-state index is 12.7. The number of alkyl halides is 3. The fourth-order valence-corrected chi connectivity index (χ4v) is 3.96. The van der Waals surface area contributed by atoms with Crippen LogP contribution in [0.25, 0.3) is 0 Å². The van der Waals surface area contributed by atoms with Gasteiger partial charge in [0.05, 0.1) is 31.3 Å². The minimum absolute atomic E-state index is 0.0728. The minimum atomic E-state index is -4.41. The lowest BCUT2D eigenvalue weighted by Gasteiger charge is -2.27. The molecule has 0 spiro atoms. The highest BCUT2D eigenvalue weighted by Gasteiger charge is 2.30. The number of amides is 1. The van der Waals surface area contributed by atoms with Gasteiger partial charge in [-0.05, 0) is 60.9 Å². The van der Waals surface area contributed by atoms with Gasteiger partial charge in [-0.15, -0.1) is 0 Å². The van der Waals surface area contributed by atoms with Crippen molar-refractivity contribution in [3.8, 4) is 0 Å². The van der Waals surface area contributed by atoms with E-state index in [-0.39, 0.29) is 41.2 Å². The molecule has 1 amide bonds. The molecule has 3 rings (SSSR count). The lowest BCUT2D eigenvalue weighted by Crippen LogP contribution is -2.33. The Morgan fingerprint density at radius 1 is 1.19 bits per heavy atom. The van der Waals surface area contributed by atoms with E-state index < -0.39 is 11.7 Å². The van der Waals surface area contributed by atoms with Crippen LogP contribution in [0.5, 0.6) is 0 Å². The zero-order valence-corrected chi connectivity index (χ0v) is 17.7. The molecule has 168 valence electrons. The predicted molar refractivity (Wildman–Crippen MR) is 108 cm³/mol. The summed E-state index contributed by atoms with van der Waals surface area (Å²) in [5.74, 6) is -0.377. The number of hydrogen-bond acceptors (Lipinski definition) is 4. The third kappa shape index (κ3) is 5.78. The van der Waals surface area contributed by atoms with E-state index in [9.17, 15) is 22.8 Å². The third-order valence-corrected chi connectivity index (χ3v) is 5.90. The molecule has 31 heavy (non-hydrogen) atoms. The summed E-state index contributed by atoms with van der Waals surface area (Å²) in [5, 5.41) is 2.94. The lowest BCUT2D eigenvalue weighted by molar-refractivity contribution is -0.146. The van der Waals surface area contributed by atoms with Crippen LogP contribution in [0.4, 0.5) is 13.2 Å². The van der Waals surface area contributed by atoms with Gasteiger partial charge in [-0.25, -0.2) is 4.98 Å². The molecule has 0 aliphatic heterocycles. The summed E-state index contributed by atoms with van der Waals surface area (Å²) in [6.07, 6.45) is 0.00907. The molecule has 1 saturated carbocycles. The normalized spacial score (nSPS) is 19.1. The van der Waals surface area contributed by atoms with Gasteiger partial charge in [0.2, 0.25) is 5.28 Å². The molecule has 0 bridgehead atoms. The first-order valence-electron chi connectivity index (χ1n) is 9.92. The Hall–Kier alpha value is -2.55. The number of carbonyl (C=O) groups is 2. The van der Waals surface area contributed by atoms with E-state index in [1.165, 1.54) is 30.0 Å². The quantitative estimate of drug-likeness (QED) is 0.656. The number of nitrogens with one attached hydrogen (secondary N) is 1. The van der Waals surface area contributed by atoms with Crippen LogP contribution < -0.4 is 5.32 Å². The Morgan fingerprint density at radius 3 is 2.42 bits per heavy atom. The topological polar surface area (TPSA) is 73.2 Å². The average Bonchev–Trinajstić information content (AvgIpc) is 3.12. The number of methoxy groups -OCH3 is 1. The number of aromatic nitrogens is 2. The molecular weight excluding hydrogens is 435 g/mol. The van der Waals surface area contributed by atoms with Crippen LogP contribution >= 0.6 is 11.6 Å². The Bertz CT molecular complexity index is 920. The summed E-state index contributed by atoms with van der Waals surface area (Å²) < 4.78 is 44.4. The zero-order valence-electron chi connectivity index (χ0n) is 16.9. The fourth-order valence-electron chi connectivity index (χ4n) is 3.76. The molecule has 0 saturated heterocycles. The summed E-state index contributed by atoms with van der Waals surface area (Å²) in [6.45, 7) is 0.569. The van der Waals surface area contributed by atoms with Gasteiger partial charge in [-0.2, -0.15) is 13.2 Å². The second-order valence-electron chi connectivity index (χ2n) is 7.64. The highest BCUT2D eigenvalue weighted by atomic mass is 35.5. The van der Waals surface area contributed by atoms with Crippen LogP contribution in [-0.4, -0.2) is 35.1 Å². The zero-order chi connectivity index (χ0) is 22.6. The molecule has 1 heterocycles. The molecule has 2 aromatic rings. The van der Waals surface area contributed by atoms with E-state index in [0.717, 1.165) is 37.8 Å². The monoisotopic (exact) mass is 457 g/mol. The summed E-state index contributed by atoms with van der Waals surface area (Å²) >= 11 is 6.10. The molecule has 1 aromatic carbocycles. The first-order valence-corrected chi connectivity index (χ1v) is 10.3. The number of benzene rings is 1. The maximum absolute atomic E-state index is 12.7. The van der Waals surface area contributed by atoms with Crippen molar-refractivity contribution in [1.29, 1.82) is 0 Å². The average molecular weight is 458 g/mol. The summed E-state index contributed by atoms with van der Waals surface area (Å²) in [7, 11) is 1.38. The van der Waals surface area contributed by atoms with Crippen molar-refractivity contribution >= 4 is 23.5 Å². The molecular formula is C21H23ClF3N3O3.